The maximum Gasteiger partial charge on any atom is 0.180 e. The van der Waals surface area contributed by atoms with Gasteiger partial charge in [0.05, 0.1) is 7.11 Å². The van der Waals surface area contributed by atoms with E-state index in [4.69, 9.17) is 5.41 Å². The van der Waals surface area contributed by atoms with Crippen molar-refractivity contribution in [3.8, 4) is 0 Å². The van der Waals surface area contributed by atoms with Crippen molar-refractivity contribution >= 4 is 5.90 Å². The molecule has 0 aromatic heterocycles. The fourth-order valence-electron chi connectivity index (χ4n) is 0.653. The van der Waals surface area contributed by atoms with Crippen LogP contribution >= 0.6 is 0 Å². The number of methoxy groups -OCH3 is 1. The number of hydrogen-bond donors (Lipinski definition) is 2. The summed E-state index contributed by atoms with van der Waals surface area (Å²) in [5.74, 6) is 0.373. The zero-order valence-electron chi connectivity index (χ0n) is 6.74. The van der Waals surface area contributed by atoms with Gasteiger partial charge in [0.15, 0.2) is 5.90 Å². The normalized spacial score (nSPS) is 9.40. The predicted molar refractivity (Wildman–Crippen MR) is 42.5 cm³/mol. The van der Waals surface area contributed by atoms with Gasteiger partial charge in [-0.3, -0.25) is 5.41 Å². The van der Waals surface area contributed by atoms with Crippen LogP contribution in [0.1, 0.15) is 19.8 Å². The Morgan fingerprint density at radius 1 is 1.60 bits per heavy atom. The molecule has 0 fully saturated rings. The molecule has 3 heteroatoms. The van der Waals surface area contributed by atoms with Crippen LogP contribution in [-0.4, -0.2) is 26.1 Å². The van der Waals surface area contributed by atoms with Crippen LogP contribution in [-0.2, 0) is 4.74 Å². The summed E-state index contributed by atoms with van der Waals surface area (Å²) >= 11 is 0. The van der Waals surface area contributed by atoms with E-state index in [9.17, 15) is 0 Å². The van der Waals surface area contributed by atoms with Gasteiger partial charge in [-0.05, 0) is 19.5 Å². The Bertz CT molecular complexity index is 93.6. The smallest absolute Gasteiger partial charge is 0.180 e. The Labute approximate surface area is 62.3 Å². The van der Waals surface area contributed by atoms with Gasteiger partial charge >= 0.3 is 0 Å². The molecular weight excluding hydrogens is 128 g/mol. The van der Waals surface area contributed by atoms with E-state index in [0.29, 0.717) is 5.90 Å². The standard InChI is InChI=1S/C7H16N2O/c1-3-9-6-4-5-7(8)10-2/h8-9H,3-6H2,1-2H3. The highest BCUT2D eigenvalue weighted by molar-refractivity contribution is 5.72. The molecule has 0 aromatic rings. The number of rotatable bonds is 5. The number of nitrogens with one attached hydrogen (secondary N) is 2. The minimum atomic E-state index is 0.373. The Hall–Kier alpha value is -0.570. The molecule has 0 amide bonds. The third kappa shape index (κ3) is 5.56. The van der Waals surface area contributed by atoms with E-state index >= 15 is 0 Å². The molecule has 0 radical (unpaired) electrons. The van der Waals surface area contributed by atoms with Gasteiger partial charge in [-0.25, -0.2) is 0 Å². The van der Waals surface area contributed by atoms with E-state index in [2.05, 4.69) is 17.0 Å². The summed E-state index contributed by atoms with van der Waals surface area (Å²) in [4.78, 5) is 0. The van der Waals surface area contributed by atoms with Gasteiger partial charge in [-0.1, -0.05) is 6.92 Å². The van der Waals surface area contributed by atoms with Crippen molar-refractivity contribution in [1.82, 2.24) is 5.32 Å². The van der Waals surface area contributed by atoms with Crippen LogP contribution in [0.3, 0.4) is 0 Å². The molecule has 0 aromatic carbocycles. The van der Waals surface area contributed by atoms with E-state index in [1.54, 1.807) is 0 Å². The van der Waals surface area contributed by atoms with Gasteiger partial charge in [0.2, 0.25) is 0 Å². The molecule has 0 saturated carbocycles. The lowest BCUT2D eigenvalue weighted by molar-refractivity contribution is 0.383. The molecule has 0 aliphatic heterocycles. The third-order valence-electron chi connectivity index (χ3n) is 1.25. The second-order valence-electron chi connectivity index (χ2n) is 2.08. The third-order valence-corrected chi connectivity index (χ3v) is 1.25. The molecule has 3 nitrogen and oxygen atoms in total. The molecule has 0 unspecified atom stereocenters. The van der Waals surface area contributed by atoms with Gasteiger partial charge in [0, 0.05) is 6.42 Å². The van der Waals surface area contributed by atoms with E-state index < -0.39 is 0 Å². The zero-order chi connectivity index (χ0) is 7.82. The van der Waals surface area contributed by atoms with Crippen molar-refractivity contribution < 1.29 is 4.74 Å². The van der Waals surface area contributed by atoms with Crippen molar-refractivity contribution in [1.29, 1.82) is 5.41 Å². The van der Waals surface area contributed by atoms with Crippen molar-refractivity contribution in [2.45, 2.75) is 19.8 Å². The minimum Gasteiger partial charge on any atom is -0.484 e. The zero-order valence-corrected chi connectivity index (χ0v) is 6.74. The Kier molecular flexibility index (Phi) is 6.18. The summed E-state index contributed by atoms with van der Waals surface area (Å²) in [6.45, 7) is 4.05. The molecule has 0 heterocycles. The quantitative estimate of drug-likeness (QED) is 0.343. The first kappa shape index (κ1) is 9.43. The van der Waals surface area contributed by atoms with E-state index in [0.717, 1.165) is 25.9 Å². The van der Waals surface area contributed by atoms with Crippen LogP contribution in [0.25, 0.3) is 0 Å². The summed E-state index contributed by atoms with van der Waals surface area (Å²) < 4.78 is 4.69. The van der Waals surface area contributed by atoms with Crippen molar-refractivity contribution in [3.05, 3.63) is 0 Å². The monoisotopic (exact) mass is 144 g/mol. The lowest BCUT2D eigenvalue weighted by Crippen LogP contribution is -2.15. The molecule has 10 heavy (non-hydrogen) atoms. The molecular formula is C7H16N2O. The van der Waals surface area contributed by atoms with Crippen molar-refractivity contribution in [3.63, 3.8) is 0 Å². The first-order chi connectivity index (χ1) is 4.81. The first-order valence-corrected chi connectivity index (χ1v) is 3.63. The van der Waals surface area contributed by atoms with Crippen LogP contribution in [0.5, 0.6) is 0 Å². The van der Waals surface area contributed by atoms with Crippen LogP contribution in [0, 0.1) is 5.41 Å². The largest absolute Gasteiger partial charge is 0.484 e. The molecule has 60 valence electrons. The predicted octanol–water partition coefficient (Wildman–Crippen LogP) is 1.000. The van der Waals surface area contributed by atoms with Gasteiger partial charge < -0.3 is 10.1 Å². The summed E-state index contributed by atoms with van der Waals surface area (Å²) in [7, 11) is 1.54. The first-order valence-electron chi connectivity index (χ1n) is 3.63. The molecule has 0 bridgehead atoms. The van der Waals surface area contributed by atoms with E-state index in [-0.39, 0.29) is 0 Å². The van der Waals surface area contributed by atoms with Crippen LogP contribution in [0.15, 0.2) is 0 Å². The van der Waals surface area contributed by atoms with Crippen LogP contribution in [0.4, 0.5) is 0 Å². The second-order valence-corrected chi connectivity index (χ2v) is 2.08. The number of hydrogen-bond acceptors (Lipinski definition) is 3. The second kappa shape index (κ2) is 6.55. The molecule has 0 aliphatic carbocycles. The topological polar surface area (TPSA) is 45.1 Å². The van der Waals surface area contributed by atoms with Crippen molar-refractivity contribution in [2.24, 2.45) is 0 Å². The van der Waals surface area contributed by atoms with Crippen LogP contribution < -0.4 is 5.32 Å². The molecule has 0 spiro atoms. The molecule has 0 rings (SSSR count). The van der Waals surface area contributed by atoms with Crippen molar-refractivity contribution in [2.75, 3.05) is 20.2 Å². The summed E-state index contributed by atoms with van der Waals surface area (Å²) in [5, 5.41) is 10.3. The maximum atomic E-state index is 7.12. The van der Waals surface area contributed by atoms with E-state index in [1.807, 2.05) is 0 Å². The van der Waals surface area contributed by atoms with Gasteiger partial charge in [0.25, 0.3) is 0 Å². The highest BCUT2D eigenvalue weighted by atomic mass is 16.5. The van der Waals surface area contributed by atoms with E-state index in [1.165, 1.54) is 7.11 Å². The van der Waals surface area contributed by atoms with Gasteiger partial charge in [-0.2, -0.15) is 0 Å². The fourth-order valence-corrected chi connectivity index (χ4v) is 0.653. The Morgan fingerprint density at radius 2 is 2.30 bits per heavy atom. The molecule has 2 N–H and O–H groups in total. The summed E-state index contributed by atoms with van der Waals surface area (Å²) in [6.07, 6.45) is 1.73. The highest BCUT2D eigenvalue weighted by Crippen LogP contribution is 1.89. The number of ether oxygens (including phenoxy) is 1. The maximum absolute atomic E-state index is 7.12. The molecule has 0 aliphatic rings. The molecule has 0 atom stereocenters. The minimum absolute atomic E-state index is 0.373. The summed E-state index contributed by atoms with van der Waals surface area (Å²) in [6, 6.07) is 0. The van der Waals surface area contributed by atoms with Gasteiger partial charge in [-0.15, -0.1) is 0 Å². The average molecular weight is 144 g/mol. The fraction of sp³-hybridized carbons (Fsp3) is 0.857. The highest BCUT2D eigenvalue weighted by Gasteiger charge is 1.92. The lowest BCUT2D eigenvalue weighted by Gasteiger charge is -2.01. The Balaban J connectivity index is 2.96. The summed E-state index contributed by atoms with van der Waals surface area (Å²) in [5.41, 5.74) is 0. The molecule has 0 saturated heterocycles. The lowest BCUT2D eigenvalue weighted by atomic mass is 10.3. The van der Waals surface area contributed by atoms with Crippen LogP contribution in [0.2, 0.25) is 0 Å². The SMILES string of the molecule is CCNCCCC(=N)OC. The Morgan fingerprint density at radius 3 is 2.80 bits per heavy atom. The average Bonchev–Trinajstić information content (AvgIpc) is 1.98. The van der Waals surface area contributed by atoms with Gasteiger partial charge in [0.1, 0.15) is 0 Å².